The third-order valence-electron chi connectivity index (χ3n) is 4.05. The van der Waals surface area contributed by atoms with Crippen molar-refractivity contribution in [1.29, 1.82) is 0 Å². The van der Waals surface area contributed by atoms with Crippen molar-refractivity contribution in [3.05, 3.63) is 71.8 Å². The third-order valence-corrected chi connectivity index (χ3v) is 4.05. The van der Waals surface area contributed by atoms with E-state index >= 15 is 0 Å². The topological polar surface area (TPSA) is 78.3 Å². The van der Waals surface area contributed by atoms with Gasteiger partial charge < -0.3 is 14.8 Å². The van der Waals surface area contributed by atoms with Crippen LogP contribution in [0, 0.1) is 0 Å². The van der Waals surface area contributed by atoms with E-state index in [9.17, 15) is 4.79 Å². The number of nitrogens with zero attached hydrogens (tertiary/aromatic N) is 3. The van der Waals surface area contributed by atoms with Crippen molar-refractivity contribution in [1.82, 2.24) is 20.1 Å². The molecule has 0 aliphatic heterocycles. The lowest BCUT2D eigenvalue weighted by atomic mass is 10.2. The molecular formula is C20H22N4O3. The Labute approximate surface area is 158 Å². The van der Waals surface area contributed by atoms with Crippen molar-refractivity contribution < 1.29 is 14.3 Å². The number of hydrogen-bond donors (Lipinski definition) is 1. The van der Waals surface area contributed by atoms with Crippen molar-refractivity contribution >= 4 is 5.97 Å². The molecule has 7 heteroatoms. The van der Waals surface area contributed by atoms with Gasteiger partial charge in [0.2, 0.25) is 0 Å². The smallest absolute Gasteiger partial charge is 0.341 e. The molecule has 0 saturated carbocycles. The Bertz CT molecular complexity index is 876. The van der Waals surface area contributed by atoms with Gasteiger partial charge >= 0.3 is 5.97 Å². The maximum absolute atomic E-state index is 12.3. The van der Waals surface area contributed by atoms with Crippen LogP contribution in [0.2, 0.25) is 0 Å². The van der Waals surface area contributed by atoms with Gasteiger partial charge in [-0.15, -0.1) is 0 Å². The van der Waals surface area contributed by atoms with Gasteiger partial charge in [0, 0.05) is 25.5 Å². The molecule has 27 heavy (non-hydrogen) atoms. The maximum Gasteiger partial charge on any atom is 0.341 e. The number of hydrogen-bond acceptors (Lipinski definition) is 6. The molecule has 0 aliphatic carbocycles. The van der Waals surface area contributed by atoms with E-state index in [1.807, 2.05) is 36.4 Å². The van der Waals surface area contributed by atoms with Crippen molar-refractivity contribution in [2.45, 2.75) is 20.0 Å². The largest absolute Gasteiger partial charge is 0.497 e. The Balaban J connectivity index is 1.85. The molecule has 0 radical (unpaired) electrons. The second-order valence-electron chi connectivity index (χ2n) is 5.79. The molecule has 0 saturated heterocycles. The monoisotopic (exact) mass is 366 g/mol. The maximum atomic E-state index is 12.3. The summed E-state index contributed by atoms with van der Waals surface area (Å²) in [6.45, 7) is 3.21. The average Bonchev–Trinajstić information content (AvgIpc) is 3.13. The molecule has 3 rings (SSSR count). The Hall–Kier alpha value is -3.19. The van der Waals surface area contributed by atoms with Crippen LogP contribution >= 0.6 is 0 Å². The van der Waals surface area contributed by atoms with Gasteiger partial charge in [-0.25, -0.2) is 9.48 Å². The van der Waals surface area contributed by atoms with Gasteiger partial charge in [-0.1, -0.05) is 0 Å². The van der Waals surface area contributed by atoms with Gasteiger partial charge in [0.05, 0.1) is 31.3 Å². The van der Waals surface area contributed by atoms with Crippen molar-refractivity contribution in [3.8, 4) is 11.4 Å². The van der Waals surface area contributed by atoms with Gasteiger partial charge in [0.1, 0.15) is 11.3 Å². The highest BCUT2D eigenvalue weighted by molar-refractivity contribution is 5.90. The lowest BCUT2D eigenvalue weighted by molar-refractivity contribution is 0.0525. The summed E-state index contributed by atoms with van der Waals surface area (Å²) in [5.74, 6) is 0.381. The standard InChI is InChI=1S/C20H22N4O3/c1-3-27-20(25)18-13-23-24(16-4-6-17(26-2)7-5-16)19(18)14-22-12-15-8-10-21-11-9-15/h4-11,13,22H,3,12,14H2,1-2H3. The predicted molar refractivity (Wildman–Crippen MR) is 101 cm³/mol. The molecule has 3 aromatic rings. The van der Waals surface area contributed by atoms with Crippen LogP contribution in [-0.2, 0) is 17.8 Å². The lowest BCUT2D eigenvalue weighted by Gasteiger charge is -2.11. The van der Waals surface area contributed by atoms with Crippen LogP contribution in [0.4, 0.5) is 0 Å². The van der Waals surface area contributed by atoms with E-state index < -0.39 is 0 Å². The number of carbonyl (C=O) groups excluding carboxylic acids is 1. The van der Waals surface area contributed by atoms with E-state index in [-0.39, 0.29) is 5.97 Å². The molecule has 0 aliphatic rings. The van der Waals surface area contributed by atoms with Crippen LogP contribution in [0.5, 0.6) is 5.75 Å². The number of nitrogens with one attached hydrogen (secondary N) is 1. The fraction of sp³-hybridized carbons (Fsp3) is 0.250. The second kappa shape index (κ2) is 8.95. The van der Waals surface area contributed by atoms with Crippen LogP contribution in [0.15, 0.2) is 55.0 Å². The molecule has 140 valence electrons. The summed E-state index contributed by atoms with van der Waals surface area (Å²) in [5.41, 5.74) is 3.15. The second-order valence-corrected chi connectivity index (χ2v) is 5.79. The quantitative estimate of drug-likeness (QED) is 0.618. The summed E-state index contributed by atoms with van der Waals surface area (Å²) in [7, 11) is 1.62. The molecular weight excluding hydrogens is 344 g/mol. The number of carbonyl (C=O) groups is 1. The zero-order valence-corrected chi connectivity index (χ0v) is 15.4. The molecule has 2 heterocycles. The van der Waals surface area contributed by atoms with E-state index in [0.717, 1.165) is 22.7 Å². The molecule has 0 bridgehead atoms. The number of esters is 1. The molecule has 2 aromatic heterocycles. The average molecular weight is 366 g/mol. The van der Waals surface area contributed by atoms with Gasteiger partial charge in [0.25, 0.3) is 0 Å². The Morgan fingerprint density at radius 3 is 2.52 bits per heavy atom. The van der Waals surface area contributed by atoms with Crippen molar-refractivity contribution in [2.75, 3.05) is 13.7 Å². The normalized spacial score (nSPS) is 10.6. The molecule has 1 N–H and O–H groups in total. The van der Waals surface area contributed by atoms with E-state index in [4.69, 9.17) is 9.47 Å². The summed E-state index contributed by atoms with van der Waals surface area (Å²) < 4.78 is 12.1. The molecule has 0 fully saturated rings. The number of benzene rings is 1. The molecule has 0 amide bonds. The van der Waals surface area contributed by atoms with Gasteiger partial charge in [-0.3, -0.25) is 4.98 Å². The summed E-state index contributed by atoms with van der Waals surface area (Å²) in [6.07, 6.45) is 5.05. The summed E-state index contributed by atoms with van der Waals surface area (Å²) in [6, 6.07) is 11.4. The fourth-order valence-electron chi connectivity index (χ4n) is 2.70. The van der Waals surface area contributed by atoms with E-state index in [2.05, 4.69) is 15.4 Å². The Morgan fingerprint density at radius 1 is 1.11 bits per heavy atom. The highest BCUT2D eigenvalue weighted by atomic mass is 16.5. The SMILES string of the molecule is CCOC(=O)c1cnn(-c2ccc(OC)cc2)c1CNCc1ccncc1. The van der Waals surface area contributed by atoms with Gasteiger partial charge in [0.15, 0.2) is 0 Å². The first kappa shape index (κ1) is 18.6. The minimum Gasteiger partial charge on any atom is -0.497 e. The lowest BCUT2D eigenvalue weighted by Crippen LogP contribution is -2.19. The van der Waals surface area contributed by atoms with Crippen LogP contribution in [0.25, 0.3) is 5.69 Å². The summed E-state index contributed by atoms with van der Waals surface area (Å²) >= 11 is 0. The van der Waals surface area contributed by atoms with Crippen LogP contribution < -0.4 is 10.1 Å². The molecule has 1 aromatic carbocycles. The van der Waals surface area contributed by atoms with E-state index in [1.165, 1.54) is 0 Å². The minimum absolute atomic E-state index is 0.316. The first-order valence-corrected chi connectivity index (χ1v) is 8.71. The zero-order chi connectivity index (χ0) is 19.1. The van der Waals surface area contributed by atoms with Crippen LogP contribution in [0.3, 0.4) is 0 Å². The predicted octanol–water partition coefficient (Wildman–Crippen LogP) is 2.74. The first-order chi connectivity index (χ1) is 13.2. The zero-order valence-electron chi connectivity index (χ0n) is 15.4. The number of ether oxygens (including phenoxy) is 2. The van der Waals surface area contributed by atoms with Crippen LogP contribution in [-0.4, -0.2) is 34.5 Å². The number of rotatable bonds is 8. The molecule has 0 atom stereocenters. The van der Waals surface area contributed by atoms with Crippen LogP contribution in [0.1, 0.15) is 28.5 Å². The van der Waals surface area contributed by atoms with Crippen molar-refractivity contribution in [3.63, 3.8) is 0 Å². The molecule has 0 unspecified atom stereocenters. The summed E-state index contributed by atoms with van der Waals surface area (Å²) in [4.78, 5) is 16.3. The number of methoxy groups -OCH3 is 1. The highest BCUT2D eigenvalue weighted by Crippen LogP contribution is 2.19. The Kier molecular flexibility index (Phi) is 6.17. The first-order valence-electron chi connectivity index (χ1n) is 8.71. The van der Waals surface area contributed by atoms with Gasteiger partial charge in [-0.05, 0) is 48.9 Å². The highest BCUT2D eigenvalue weighted by Gasteiger charge is 2.19. The van der Waals surface area contributed by atoms with E-state index in [0.29, 0.717) is 25.3 Å². The number of aromatic nitrogens is 3. The Morgan fingerprint density at radius 2 is 1.85 bits per heavy atom. The minimum atomic E-state index is -0.377. The summed E-state index contributed by atoms with van der Waals surface area (Å²) in [5, 5.41) is 7.75. The number of pyridine rings is 1. The van der Waals surface area contributed by atoms with Crippen molar-refractivity contribution in [2.24, 2.45) is 0 Å². The fourth-order valence-corrected chi connectivity index (χ4v) is 2.70. The van der Waals surface area contributed by atoms with Gasteiger partial charge in [-0.2, -0.15) is 5.10 Å². The molecule has 7 nitrogen and oxygen atoms in total. The third kappa shape index (κ3) is 4.51. The molecule has 0 spiro atoms. The van der Waals surface area contributed by atoms with E-state index in [1.54, 1.807) is 37.3 Å².